The number of nitrogens with zero attached hydrogens (tertiary/aromatic N) is 4. The van der Waals surface area contributed by atoms with E-state index in [1.165, 1.54) is 0 Å². The molecule has 0 aromatic carbocycles. The van der Waals surface area contributed by atoms with E-state index in [-0.39, 0.29) is 11.9 Å². The molecule has 3 rings (SSSR count). The van der Waals surface area contributed by atoms with Crippen molar-refractivity contribution in [1.29, 1.82) is 0 Å². The molecule has 1 aliphatic rings. The molecule has 1 amide bonds. The van der Waals surface area contributed by atoms with Crippen LogP contribution in [0, 0.1) is 0 Å². The first-order valence-corrected chi connectivity index (χ1v) is 6.57. The quantitative estimate of drug-likeness (QED) is 0.826. The number of anilines is 1. The van der Waals surface area contributed by atoms with Gasteiger partial charge in [0.1, 0.15) is 5.52 Å². The Morgan fingerprint density at radius 2 is 2.32 bits per heavy atom. The lowest BCUT2D eigenvalue weighted by Crippen LogP contribution is -2.30. The van der Waals surface area contributed by atoms with Crippen molar-refractivity contribution in [3.8, 4) is 0 Å². The number of nitrogens with one attached hydrogen (secondary N) is 1. The maximum absolute atomic E-state index is 11.3. The normalized spacial score (nSPS) is 19.3. The van der Waals surface area contributed by atoms with Crippen LogP contribution in [0.3, 0.4) is 0 Å². The molecule has 3 heterocycles. The SMILES string of the molecule is CCc1nn(C)c2c1nc(N)n2CC1CCC(=O)N1. The lowest BCUT2D eigenvalue weighted by molar-refractivity contribution is -0.119. The van der Waals surface area contributed by atoms with Gasteiger partial charge >= 0.3 is 0 Å². The fourth-order valence-electron chi connectivity index (χ4n) is 2.71. The number of imidazole rings is 1. The van der Waals surface area contributed by atoms with Gasteiger partial charge in [-0.05, 0) is 12.8 Å². The van der Waals surface area contributed by atoms with E-state index in [2.05, 4.69) is 15.4 Å². The number of hydrogen-bond donors (Lipinski definition) is 2. The molecule has 1 fully saturated rings. The van der Waals surface area contributed by atoms with E-state index in [0.717, 1.165) is 29.7 Å². The predicted molar refractivity (Wildman–Crippen MR) is 71.5 cm³/mol. The third-order valence-corrected chi connectivity index (χ3v) is 3.64. The molecule has 1 aliphatic heterocycles. The van der Waals surface area contributed by atoms with Crippen molar-refractivity contribution in [2.45, 2.75) is 38.8 Å². The number of fused-ring (bicyclic) bond motifs is 1. The Morgan fingerprint density at radius 3 is 2.95 bits per heavy atom. The van der Waals surface area contributed by atoms with Crippen LogP contribution in [0.5, 0.6) is 0 Å². The molecule has 0 saturated carbocycles. The first-order valence-electron chi connectivity index (χ1n) is 6.57. The zero-order valence-corrected chi connectivity index (χ0v) is 11.2. The van der Waals surface area contributed by atoms with Crippen LogP contribution < -0.4 is 11.1 Å². The summed E-state index contributed by atoms with van der Waals surface area (Å²) in [6, 6.07) is 0.132. The summed E-state index contributed by atoms with van der Waals surface area (Å²) in [6.07, 6.45) is 2.26. The number of carbonyl (C=O) groups excluding carboxylic acids is 1. The number of rotatable bonds is 3. The highest BCUT2D eigenvalue weighted by Crippen LogP contribution is 2.22. The minimum Gasteiger partial charge on any atom is -0.369 e. The summed E-state index contributed by atoms with van der Waals surface area (Å²) in [4.78, 5) is 15.7. The van der Waals surface area contributed by atoms with Gasteiger partial charge in [-0.3, -0.25) is 14.0 Å². The summed E-state index contributed by atoms with van der Waals surface area (Å²) in [5, 5.41) is 7.40. The maximum Gasteiger partial charge on any atom is 0.220 e. The average molecular weight is 262 g/mol. The van der Waals surface area contributed by atoms with E-state index in [1.54, 1.807) is 0 Å². The Balaban J connectivity index is 2.00. The number of nitrogen functional groups attached to an aromatic ring is 1. The van der Waals surface area contributed by atoms with Gasteiger partial charge in [-0.25, -0.2) is 4.98 Å². The molecule has 0 spiro atoms. The predicted octanol–water partition coefficient (Wildman–Crippen LogP) is 0.193. The summed E-state index contributed by atoms with van der Waals surface area (Å²) in [5.74, 6) is 0.595. The highest BCUT2D eigenvalue weighted by Gasteiger charge is 2.24. The maximum atomic E-state index is 11.3. The second kappa shape index (κ2) is 4.25. The molecule has 0 aliphatic carbocycles. The van der Waals surface area contributed by atoms with E-state index in [9.17, 15) is 4.79 Å². The van der Waals surface area contributed by atoms with Crippen LogP contribution in [0.25, 0.3) is 11.2 Å². The van der Waals surface area contributed by atoms with E-state index in [1.807, 2.05) is 23.2 Å². The number of aromatic nitrogens is 4. The summed E-state index contributed by atoms with van der Waals surface area (Å²) >= 11 is 0. The van der Waals surface area contributed by atoms with Crippen molar-refractivity contribution < 1.29 is 4.79 Å². The van der Waals surface area contributed by atoms with Crippen LogP contribution in [0.1, 0.15) is 25.5 Å². The Bertz CT molecular complexity index is 640. The van der Waals surface area contributed by atoms with Gasteiger partial charge in [0.25, 0.3) is 0 Å². The fourth-order valence-corrected chi connectivity index (χ4v) is 2.71. The Labute approximate surface area is 110 Å². The van der Waals surface area contributed by atoms with E-state index in [0.29, 0.717) is 18.9 Å². The topological polar surface area (TPSA) is 90.8 Å². The summed E-state index contributed by atoms with van der Waals surface area (Å²) in [5.41, 5.74) is 8.75. The van der Waals surface area contributed by atoms with Crippen molar-refractivity contribution >= 4 is 23.0 Å². The molecular formula is C12H18N6O. The highest BCUT2D eigenvalue weighted by molar-refractivity contribution is 5.79. The van der Waals surface area contributed by atoms with E-state index < -0.39 is 0 Å². The lowest BCUT2D eigenvalue weighted by Gasteiger charge is -2.12. The number of hydrogen-bond acceptors (Lipinski definition) is 4. The number of aryl methyl sites for hydroxylation is 2. The Morgan fingerprint density at radius 1 is 1.53 bits per heavy atom. The first kappa shape index (κ1) is 12.0. The largest absolute Gasteiger partial charge is 0.369 e. The van der Waals surface area contributed by atoms with Gasteiger partial charge in [0, 0.05) is 26.1 Å². The molecule has 102 valence electrons. The number of carbonyl (C=O) groups is 1. The van der Waals surface area contributed by atoms with E-state index >= 15 is 0 Å². The third-order valence-electron chi connectivity index (χ3n) is 3.64. The molecule has 3 N–H and O–H groups in total. The second-order valence-corrected chi connectivity index (χ2v) is 4.98. The van der Waals surface area contributed by atoms with Crippen molar-refractivity contribution in [2.24, 2.45) is 7.05 Å². The Kier molecular flexibility index (Phi) is 2.69. The van der Waals surface area contributed by atoms with Crippen LogP contribution in [0.2, 0.25) is 0 Å². The van der Waals surface area contributed by atoms with Crippen molar-refractivity contribution in [3.63, 3.8) is 0 Å². The fraction of sp³-hybridized carbons (Fsp3) is 0.583. The van der Waals surface area contributed by atoms with Gasteiger partial charge in [-0.2, -0.15) is 5.10 Å². The van der Waals surface area contributed by atoms with E-state index in [4.69, 9.17) is 5.73 Å². The molecule has 1 atom stereocenters. The van der Waals surface area contributed by atoms with Gasteiger partial charge in [0.2, 0.25) is 11.9 Å². The van der Waals surface area contributed by atoms with Gasteiger partial charge in [0.05, 0.1) is 5.69 Å². The molecule has 2 aromatic heterocycles. The van der Waals surface area contributed by atoms with Crippen LogP contribution >= 0.6 is 0 Å². The van der Waals surface area contributed by atoms with Crippen molar-refractivity contribution in [2.75, 3.05) is 5.73 Å². The van der Waals surface area contributed by atoms with Gasteiger partial charge in [0.15, 0.2) is 5.65 Å². The zero-order chi connectivity index (χ0) is 13.6. The average Bonchev–Trinajstić information content (AvgIpc) is 3.00. The van der Waals surface area contributed by atoms with Crippen molar-refractivity contribution in [3.05, 3.63) is 5.69 Å². The Hall–Kier alpha value is -2.05. The van der Waals surface area contributed by atoms with Crippen LogP contribution in [0.15, 0.2) is 0 Å². The van der Waals surface area contributed by atoms with Crippen molar-refractivity contribution in [1.82, 2.24) is 24.6 Å². The molecule has 7 nitrogen and oxygen atoms in total. The van der Waals surface area contributed by atoms with Gasteiger partial charge < -0.3 is 11.1 Å². The third kappa shape index (κ3) is 1.85. The molecule has 0 radical (unpaired) electrons. The summed E-state index contributed by atoms with van der Waals surface area (Å²) in [6.45, 7) is 2.70. The molecular weight excluding hydrogens is 244 g/mol. The summed E-state index contributed by atoms with van der Waals surface area (Å²) in [7, 11) is 1.90. The molecule has 0 bridgehead atoms. The minimum atomic E-state index is 0.110. The number of amides is 1. The molecule has 1 saturated heterocycles. The minimum absolute atomic E-state index is 0.110. The smallest absolute Gasteiger partial charge is 0.220 e. The number of nitrogens with two attached hydrogens (primary N) is 1. The highest BCUT2D eigenvalue weighted by atomic mass is 16.1. The second-order valence-electron chi connectivity index (χ2n) is 4.98. The molecule has 1 unspecified atom stereocenters. The van der Waals surface area contributed by atoms with Crippen LogP contribution in [-0.2, 0) is 24.8 Å². The van der Waals surface area contributed by atoms with Gasteiger partial charge in [-0.1, -0.05) is 6.92 Å². The van der Waals surface area contributed by atoms with Gasteiger partial charge in [-0.15, -0.1) is 0 Å². The van der Waals surface area contributed by atoms with Crippen LogP contribution in [-0.4, -0.2) is 31.3 Å². The lowest BCUT2D eigenvalue weighted by atomic mass is 10.2. The zero-order valence-electron chi connectivity index (χ0n) is 11.2. The summed E-state index contributed by atoms with van der Waals surface area (Å²) < 4.78 is 3.76. The monoisotopic (exact) mass is 262 g/mol. The molecule has 19 heavy (non-hydrogen) atoms. The van der Waals surface area contributed by atoms with Crippen LogP contribution in [0.4, 0.5) is 5.95 Å². The standard InChI is InChI=1S/C12H18N6O/c1-3-8-10-11(17(2)16-8)18(12(13)15-10)6-7-4-5-9(19)14-7/h7H,3-6H2,1-2H3,(H2,13,15)(H,14,19). The first-order chi connectivity index (χ1) is 9.10. The molecule has 7 heteroatoms. The molecule has 2 aromatic rings.